The fourth-order valence-corrected chi connectivity index (χ4v) is 5.01. The Kier molecular flexibility index (Phi) is 3.68. The van der Waals surface area contributed by atoms with Crippen LogP contribution in [0.5, 0.6) is 0 Å². The van der Waals surface area contributed by atoms with E-state index in [4.69, 9.17) is 9.47 Å². The van der Waals surface area contributed by atoms with Gasteiger partial charge in [-0.05, 0) is 49.9 Å². The highest BCUT2D eigenvalue weighted by Crippen LogP contribution is 2.57. The summed E-state index contributed by atoms with van der Waals surface area (Å²) in [7, 11) is 0. The van der Waals surface area contributed by atoms with Crippen LogP contribution < -0.4 is 0 Å². The van der Waals surface area contributed by atoms with Crippen molar-refractivity contribution in [2.24, 2.45) is 23.2 Å². The van der Waals surface area contributed by atoms with E-state index in [9.17, 15) is 0 Å². The smallest absolute Gasteiger partial charge is 0.173 e. The molecule has 3 rings (SSSR count). The second-order valence-corrected chi connectivity index (χ2v) is 7.63. The summed E-state index contributed by atoms with van der Waals surface area (Å²) in [6.07, 6.45) is 8.96. The molecular formula is C17H30O2. The molecule has 4 unspecified atom stereocenters. The molecule has 2 heteroatoms. The van der Waals surface area contributed by atoms with Crippen molar-refractivity contribution in [1.29, 1.82) is 0 Å². The number of rotatable bonds is 1. The third-order valence-corrected chi connectivity index (χ3v) is 6.13. The molecule has 2 aliphatic carbocycles. The van der Waals surface area contributed by atoms with Crippen LogP contribution in [0.25, 0.3) is 0 Å². The Labute approximate surface area is 118 Å². The maximum atomic E-state index is 6.35. The first-order valence-electron chi connectivity index (χ1n) is 8.36. The molecule has 0 aromatic heterocycles. The third-order valence-electron chi connectivity index (χ3n) is 6.13. The lowest BCUT2D eigenvalue weighted by Gasteiger charge is -2.56. The predicted molar refractivity (Wildman–Crippen MR) is 76.9 cm³/mol. The van der Waals surface area contributed by atoms with Gasteiger partial charge in [0, 0.05) is 11.8 Å². The molecule has 19 heavy (non-hydrogen) atoms. The van der Waals surface area contributed by atoms with Gasteiger partial charge in [-0.1, -0.05) is 27.2 Å². The summed E-state index contributed by atoms with van der Waals surface area (Å²) in [5.41, 5.74) is 0.514. The number of fused-ring (bicyclic) bond motifs is 3. The Morgan fingerprint density at radius 3 is 2.37 bits per heavy atom. The molecule has 0 aromatic carbocycles. The first kappa shape index (κ1) is 13.9. The summed E-state index contributed by atoms with van der Waals surface area (Å²) in [6.45, 7) is 8.99. The summed E-state index contributed by atoms with van der Waals surface area (Å²) in [5, 5.41) is 0. The van der Waals surface area contributed by atoms with Crippen LogP contribution >= 0.6 is 0 Å². The van der Waals surface area contributed by atoms with Gasteiger partial charge in [0.25, 0.3) is 0 Å². The molecular weight excluding hydrogens is 236 g/mol. The van der Waals surface area contributed by atoms with Gasteiger partial charge in [-0.3, -0.25) is 0 Å². The monoisotopic (exact) mass is 266 g/mol. The van der Waals surface area contributed by atoms with Gasteiger partial charge in [0.1, 0.15) is 0 Å². The zero-order valence-corrected chi connectivity index (χ0v) is 12.9. The summed E-state index contributed by atoms with van der Waals surface area (Å²) in [4.78, 5) is 0. The minimum Gasteiger partial charge on any atom is -0.349 e. The Morgan fingerprint density at radius 2 is 1.74 bits per heavy atom. The molecule has 3 aliphatic rings. The Hall–Kier alpha value is -0.0800. The van der Waals surface area contributed by atoms with E-state index in [1.807, 2.05) is 0 Å². The average molecular weight is 266 g/mol. The third kappa shape index (κ3) is 2.35. The van der Waals surface area contributed by atoms with Crippen molar-refractivity contribution < 1.29 is 9.47 Å². The predicted octanol–water partition coefficient (Wildman–Crippen LogP) is 4.38. The summed E-state index contributed by atoms with van der Waals surface area (Å²) >= 11 is 0. The highest BCUT2D eigenvalue weighted by atomic mass is 16.7. The van der Waals surface area contributed by atoms with Gasteiger partial charge in [-0.2, -0.15) is 0 Å². The molecule has 1 heterocycles. The van der Waals surface area contributed by atoms with Crippen LogP contribution in [0.2, 0.25) is 0 Å². The normalized spacial score (nSPS) is 45.9. The molecule has 2 saturated carbocycles. The molecule has 4 atom stereocenters. The van der Waals surface area contributed by atoms with Crippen LogP contribution in [0.4, 0.5) is 0 Å². The lowest BCUT2D eigenvalue weighted by Crippen LogP contribution is -2.56. The van der Waals surface area contributed by atoms with Crippen LogP contribution in [0, 0.1) is 23.2 Å². The summed E-state index contributed by atoms with van der Waals surface area (Å²) < 4.78 is 12.7. The van der Waals surface area contributed by atoms with Crippen molar-refractivity contribution in [1.82, 2.24) is 0 Å². The van der Waals surface area contributed by atoms with Crippen LogP contribution in [0.15, 0.2) is 0 Å². The van der Waals surface area contributed by atoms with Crippen LogP contribution in [-0.4, -0.2) is 19.0 Å². The molecule has 3 fully saturated rings. The van der Waals surface area contributed by atoms with E-state index in [-0.39, 0.29) is 5.79 Å². The minimum atomic E-state index is -0.246. The van der Waals surface area contributed by atoms with E-state index in [0.717, 1.165) is 32.0 Å². The van der Waals surface area contributed by atoms with Crippen LogP contribution in [-0.2, 0) is 9.47 Å². The average Bonchev–Trinajstić information content (AvgIpc) is 2.63. The second-order valence-electron chi connectivity index (χ2n) is 7.63. The maximum absolute atomic E-state index is 6.35. The van der Waals surface area contributed by atoms with Gasteiger partial charge in [0.15, 0.2) is 5.79 Å². The first-order valence-corrected chi connectivity index (χ1v) is 8.36. The number of ether oxygens (including phenoxy) is 2. The van der Waals surface area contributed by atoms with Crippen molar-refractivity contribution in [2.45, 2.75) is 71.5 Å². The summed E-state index contributed by atoms with van der Waals surface area (Å²) in [6, 6.07) is 0. The van der Waals surface area contributed by atoms with Gasteiger partial charge < -0.3 is 9.47 Å². The SMILES string of the molecule is CCC1(C)CC2CC(C)C3(OCCCCO3)C(C2)C1. The Balaban J connectivity index is 1.86. The van der Waals surface area contributed by atoms with E-state index in [0.29, 0.717) is 17.3 Å². The highest BCUT2D eigenvalue weighted by Gasteiger charge is 2.55. The number of hydrogen-bond donors (Lipinski definition) is 0. The Bertz CT molecular complexity index is 317. The maximum Gasteiger partial charge on any atom is 0.173 e. The fourth-order valence-electron chi connectivity index (χ4n) is 5.01. The van der Waals surface area contributed by atoms with Gasteiger partial charge in [0.2, 0.25) is 0 Å². The Morgan fingerprint density at radius 1 is 1.05 bits per heavy atom. The quantitative estimate of drug-likeness (QED) is 0.701. The molecule has 1 aliphatic heterocycles. The molecule has 1 saturated heterocycles. The molecule has 2 nitrogen and oxygen atoms in total. The minimum absolute atomic E-state index is 0.246. The molecule has 0 radical (unpaired) electrons. The van der Waals surface area contributed by atoms with Crippen molar-refractivity contribution in [2.75, 3.05) is 13.2 Å². The largest absolute Gasteiger partial charge is 0.349 e. The fraction of sp³-hybridized carbons (Fsp3) is 1.00. The van der Waals surface area contributed by atoms with Crippen molar-refractivity contribution in [3.8, 4) is 0 Å². The standard InChI is InChI=1S/C17H30O2/c1-4-16(3)11-14-9-13(2)17(15(10-14)12-16)18-7-5-6-8-19-17/h13-15H,4-12H2,1-3H3. The van der Waals surface area contributed by atoms with E-state index in [1.165, 1.54) is 32.1 Å². The molecule has 0 amide bonds. The zero-order valence-electron chi connectivity index (χ0n) is 12.9. The van der Waals surface area contributed by atoms with E-state index < -0.39 is 0 Å². The molecule has 2 bridgehead atoms. The van der Waals surface area contributed by atoms with Crippen molar-refractivity contribution in [3.05, 3.63) is 0 Å². The van der Waals surface area contributed by atoms with Crippen molar-refractivity contribution in [3.63, 3.8) is 0 Å². The lowest BCUT2D eigenvalue weighted by molar-refractivity contribution is -0.312. The molecule has 0 aromatic rings. The zero-order chi connectivity index (χ0) is 13.5. The van der Waals surface area contributed by atoms with Crippen molar-refractivity contribution >= 4 is 0 Å². The van der Waals surface area contributed by atoms with Gasteiger partial charge in [-0.15, -0.1) is 0 Å². The lowest BCUT2D eigenvalue weighted by atomic mass is 9.56. The van der Waals surface area contributed by atoms with E-state index in [1.54, 1.807) is 0 Å². The van der Waals surface area contributed by atoms with Crippen LogP contribution in [0.3, 0.4) is 0 Å². The summed E-state index contributed by atoms with van der Waals surface area (Å²) in [5.74, 6) is 1.85. The topological polar surface area (TPSA) is 18.5 Å². The number of hydrogen-bond acceptors (Lipinski definition) is 2. The van der Waals surface area contributed by atoms with E-state index >= 15 is 0 Å². The van der Waals surface area contributed by atoms with Gasteiger partial charge in [-0.25, -0.2) is 0 Å². The molecule has 1 spiro atoms. The van der Waals surface area contributed by atoms with Gasteiger partial charge in [0.05, 0.1) is 13.2 Å². The van der Waals surface area contributed by atoms with E-state index in [2.05, 4.69) is 20.8 Å². The first-order chi connectivity index (χ1) is 9.08. The highest BCUT2D eigenvalue weighted by molar-refractivity contribution is 5.00. The van der Waals surface area contributed by atoms with Crippen LogP contribution in [0.1, 0.15) is 65.7 Å². The molecule has 0 N–H and O–H groups in total. The van der Waals surface area contributed by atoms with Gasteiger partial charge >= 0.3 is 0 Å². The molecule has 110 valence electrons. The second kappa shape index (κ2) is 5.04.